The van der Waals surface area contributed by atoms with Gasteiger partial charge in [-0.15, -0.1) is 0 Å². The van der Waals surface area contributed by atoms with Gasteiger partial charge in [-0.25, -0.2) is 4.79 Å². The van der Waals surface area contributed by atoms with Crippen LogP contribution < -0.4 is 0 Å². The highest BCUT2D eigenvalue weighted by atomic mass is 16.5. The molecule has 0 amide bonds. The predicted molar refractivity (Wildman–Crippen MR) is 79.0 cm³/mol. The molecule has 0 aliphatic carbocycles. The summed E-state index contributed by atoms with van der Waals surface area (Å²) in [6.45, 7) is 2.11. The molecule has 0 fully saturated rings. The highest BCUT2D eigenvalue weighted by Crippen LogP contribution is 2.10. The first-order valence-electron chi connectivity index (χ1n) is 7.72. The van der Waals surface area contributed by atoms with Gasteiger partial charge in [-0.1, -0.05) is 57.6 Å². The van der Waals surface area contributed by atoms with Gasteiger partial charge in [0.2, 0.25) is 0 Å². The molecular formula is C16H30O3. The van der Waals surface area contributed by atoms with Gasteiger partial charge in [0.1, 0.15) is 6.61 Å². The van der Waals surface area contributed by atoms with Gasteiger partial charge in [-0.2, -0.15) is 0 Å². The number of rotatable bonds is 13. The van der Waals surface area contributed by atoms with Crippen molar-refractivity contribution in [1.29, 1.82) is 0 Å². The summed E-state index contributed by atoms with van der Waals surface area (Å²) in [4.78, 5) is 10.6. The second kappa shape index (κ2) is 15.2. The van der Waals surface area contributed by atoms with Crippen LogP contribution in [0.15, 0.2) is 12.2 Å². The standard InChI is InChI=1S/C16H30O3/c1-2-3-4-5-6-7-8-9-10-11-12-13-14-19-16(18)15-17/h3-4,17H,2,5-15H2,1H3/b4-3-. The first-order valence-corrected chi connectivity index (χ1v) is 7.72. The van der Waals surface area contributed by atoms with Gasteiger partial charge >= 0.3 is 5.97 Å². The first kappa shape index (κ1) is 18.2. The van der Waals surface area contributed by atoms with Gasteiger partial charge in [0, 0.05) is 0 Å². The third-order valence-electron chi connectivity index (χ3n) is 3.06. The first-order chi connectivity index (χ1) is 9.31. The largest absolute Gasteiger partial charge is 0.464 e. The molecule has 0 aliphatic rings. The van der Waals surface area contributed by atoms with Crippen LogP contribution in [0.4, 0.5) is 0 Å². The van der Waals surface area contributed by atoms with Crippen molar-refractivity contribution in [2.75, 3.05) is 13.2 Å². The SMILES string of the molecule is CC/C=C\CCCCCCCCCCOC(=O)CO. The molecule has 0 rings (SSSR count). The second-order valence-electron chi connectivity index (χ2n) is 4.88. The molecule has 0 bridgehead atoms. The van der Waals surface area contributed by atoms with E-state index < -0.39 is 12.6 Å². The summed E-state index contributed by atoms with van der Waals surface area (Å²) in [7, 11) is 0. The molecule has 112 valence electrons. The highest BCUT2D eigenvalue weighted by molar-refractivity contribution is 5.70. The Morgan fingerprint density at radius 2 is 1.53 bits per heavy atom. The molecule has 1 N–H and O–H groups in total. The fourth-order valence-corrected chi connectivity index (χ4v) is 1.94. The average Bonchev–Trinajstić information content (AvgIpc) is 2.43. The minimum absolute atomic E-state index is 0.448. The number of aliphatic hydroxyl groups is 1. The smallest absolute Gasteiger partial charge is 0.331 e. The third kappa shape index (κ3) is 15.1. The maximum Gasteiger partial charge on any atom is 0.331 e. The lowest BCUT2D eigenvalue weighted by Crippen LogP contribution is -2.09. The van der Waals surface area contributed by atoms with E-state index in [1.807, 2.05) is 0 Å². The Bertz CT molecular complexity index is 224. The van der Waals surface area contributed by atoms with E-state index in [-0.39, 0.29) is 0 Å². The summed E-state index contributed by atoms with van der Waals surface area (Å²) in [6.07, 6.45) is 16.7. The molecular weight excluding hydrogens is 240 g/mol. The van der Waals surface area contributed by atoms with Crippen molar-refractivity contribution in [2.45, 2.75) is 71.1 Å². The Kier molecular flexibility index (Phi) is 14.6. The van der Waals surface area contributed by atoms with Crippen LogP contribution in [0.2, 0.25) is 0 Å². The summed E-state index contributed by atoms with van der Waals surface area (Å²) in [5, 5.41) is 8.45. The molecule has 0 radical (unpaired) electrons. The summed E-state index contributed by atoms with van der Waals surface area (Å²) >= 11 is 0. The van der Waals surface area contributed by atoms with Crippen LogP contribution in [-0.2, 0) is 9.53 Å². The molecule has 0 aromatic carbocycles. The second-order valence-corrected chi connectivity index (χ2v) is 4.88. The van der Waals surface area contributed by atoms with Gasteiger partial charge in [0.15, 0.2) is 0 Å². The number of hydrogen-bond donors (Lipinski definition) is 1. The predicted octanol–water partition coefficient (Wildman–Crippen LogP) is 4.00. The van der Waals surface area contributed by atoms with E-state index in [4.69, 9.17) is 9.84 Å². The van der Waals surface area contributed by atoms with Gasteiger partial charge in [-0.05, 0) is 25.7 Å². The highest BCUT2D eigenvalue weighted by Gasteiger charge is 1.98. The van der Waals surface area contributed by atoms with Crippen LogP contribution in [0, 0.1) is 0 Å². The summed E-state index contributed by atoms with van der Waals surface area (Å²) < 4.78 is 4.79. The molecule has 19 heavy (non-hydrogen) atoms. The minimum atomic E-state index is -0.517. The van der Waals surface area contributed by atoms with Crippen molar-refractivity contribution in [3.8, 4) is 0 Å². The van der Waals surface area contributed by atoms with E-state index in [1.165, 1.54) is 44.9 Å². The van der Waals surface area contributed by atoms with Crippen molar-refractivity contribution in [1.82, 2.24) is 0 Å². The summed E-state index contributed by atoms with van der Waals surface area (Å²) in [5.41, 5.74) is 0. The van der Waals surface area contributed by atoms with E-state index in [1.54, 1.807) is 0 Å². The lowest BCUT2D eigenvalue weighted by Gasteiger charge is -2.03. The van der Waals surface area contributed by atoms with Crippen molar-refractivity contribution in [2.24, 2.45) is 0 Å². The fraction of sp³-hybridized carbons (Fsp3) is 0.812. The van der Waals surface area contributed by atoms with Crippen LogP contribution in [0.1, 0.15) is 71.1 Å². The normalized spacial score (nSPS) is 11.1. The Balaban J connectivity index is 3.03. The van der Waals surface area contributed by atoms with E-state index in [9.17, 15) is 4.79 Å². The van der Waals surface area contributed by atoms with Crippen molar-refractivity contribution in [3.05, 3.63) is 12.2 Å². The zero-order valence-corrected chi connectivity index (χ0v) is 12.4. The van der Waals surface area contributed by atoms with E-state index in [2.05, 4.69) is 19.1 Å². The number of hydrogen-bond acceptors (Lipinski definition) is 3. The topological polar surface area (TPSA) is 46.5 Å². The Hall–Kier alpha value is -0.830. The van der Waals surface area contributed by atoms with Crippen LogP contribution in [-0.4, -0.2) is 24.3 Å². The van der Waals surface area contributed by atoms with Gasteiger partial charge in [0.05, 0.1) is 6.61 Å². The monoisotopic (exact) mass is 270 g/mol. The molecule has 0 unspecified atom stereocenters. The van der Waals surface area contributed by atoms with Crippen LogP contribution in [0.3, 0.4) is 0 Å². The number of carbonyl (C=O) groups is 1. The molecule has 0 aliphatic heterocycles. The molecule has 0 aromatic rings. The van der Waals surface area contributed by atoms with E-state index in [0.717, 1.165) is 19.3 Å². The number of ether oxygens (including phenoxy) is 1. The molecule has 3 nitrogen and oxygen atoms in total. The number of carbonyl (C=O) groups excluding carboxylic acids is 1. The van der Waals surface area contributed by atoms with Crippen molar-refractivity contribution < 1.29 is 14.6 Å². The zero-order valence-electron chi connectivity index (χ0n) is 12.4. The molecule has 0 saturated heterocycles. The summed E-state index contributed by atoms with van der Waals surface area (Å²) in [6, 6.07) is 0. The molecule has 0 saturated carbocycles. The average molecular weight is 270 g/mol. The molecule has 0 spiro atoms. The van der Waals surface area contributed by atoms with Crippen LogP contribution in [0.5, 0.6) is 0 Å². The molecule has 0 aromatic heterocycles. The zero-order chi connectivity index (χ0) is 14.2. The lowest BCUT2D eigenvalue weighted by atomic mass is 10.1. The quantitative estimate of drug-likeness (QED) is 0.312. The number of allylic oxidation sites excluding steroid dienone is 2. The van der Waals surface area contributed by atoms with Crippen LogP contribution in [0.25, 0.3) is 0 Å². The van der Waals surface area contributed by atoms with Crippen molar-refractivity contribution in [3.63, 3.8) is 0 Å². The van der Waals surface area contributed by atoms with Gasteiger partial charge < -0.3 is 9.84 Å². The van der Waals surface area contributed by atoms with Crippen molar-refractivity contribution >= 4 is 5.97 Å². The van der Waals surface area contributed by atoms with E-state index in [0.29, 0.717) is 6.61 Å². The number of aliphatic hydroxyl groups excluding tert-OH is 1. The van der Waals surface area contributed by atoms with E-state index >= 15 is 0 Å². The minimum Gasteiger partial charge on any atom is -0.464 e. The fourth-order valence-electron chi connectivity index (χ4n) is 1.94. The Labute approximate surface area is 118 Å². The Morgan fingerprint density at radius 1 is 0.947 bits per heavy atom. The summed E-state index contributed by atoms with van der Waals surface area (Å²) in [5.74, 6) is -0.517. The molecule has 0 atom stereocenters. The lowest BCUT2D eigenvalue weighted by molar-refractivity contribution is -0.147. The molecule has 0 heterocycles. The van der Waals surface area contributed by atoms with Gasteiger partial charge in [0.25, 0.3) is 0 Å². The number of unbranched alkanes of at least 4 members (excludes halogenated alkanes) is 8. The number of esters is 1. The molecule has 3 heteroatoms. The third-order valence-corrected chi connectivity index (χ3v) is 3.06. The van der Waals surface area contributed by atoms with Gasteiger partial charge in [-0.3, -0.25) is 0 Å². The maximum absolute atomic E-state index is 10.6. The maximum atomic E-state index is 10.6. The van der Waals surface area contributed by atoms with Crippen LogP contribution >= 0.6 is 0 Å². The Morgan fingerprint density at radius 3 is 2.11 bits per heavy atom.